The second-order valence-corrected chi connectivity index (χ2v) is 6.41. The number of hydrogen-bond acceptors (Lipinski definition) is 3. The van der Waals surface area contributed by atoms with Crippen LogP contribution >= 0.6 is 0 Å². The third-order valence-corrected chi connectivity index (χ3v) is 3.55. The molecule has 4 nitrogen and oxygen atoms in total. The molecular weight excluding hydrogens is 365 g/mol. The number of benzene rings is 1. The van der Waals surface area contributed by atoms with E-state index < -0.39 is 5.54 Å². The first-order valence-electron chi connectivity index (χ1n) is 7.48. The summed E-state index contributed by atoms with van der Waals surface area (Å²) < 4.78 is 0. The van der Waals surface area contributed by atoms with Gasteiger partial charge >= 0.3 is 0 Å². The second-order valence-electron chi connectivity index (χ2n) is 6.41. The summed E-state index contributed by atoms with van der Waals surface area (Å²) in [5, 5.41) is 3.05. The van der Waals surface area contributed by atoms with Gasteiger partial charge in [-0.25, -0.2) is 0 Å². The first-order valence-corrected chi connectivity index (χ1v) is 7.48. The number of nitrogens with zero attached hydrogens (tertiary/aromatic N) is 1. The van der Waals surface area contributed by atoms with Crippen LogP contribution in [0, 0.1) is 12.0 Å². The molecule has 1 radical (unpaired) electrons. The first kappa shape index (κ1) is 22.4. The van der Waals surface area contributed by atoms with Gasteiger partial charge in [0, 0.05) is 44.7 Å². The molecule has 0 spiro atoms. The Hall–Kier alpha value is -0.576. The van der Waals surface area contributed by atoms with Crippen LogP contribution in [0.4, 0.5) is 5.69 Å². The molecule has 0 aliphatic heterocycles. The van der Waals surface area contributed by atoms with E-state index in [0.29, 0.717) is 12.1 Å². The van der Waals surface area contributed by atoms with Crippen LogP contribution in [-0.4, -0.2) is 30.3 Å². The van der Waals surface area contributed by atoms with Crippen molar-refractivity contribution in [2.75, 3.05) is 11.9 Å². The van der Waals surface area contributed by atoms with Gasteiger partial charge in [-0.3, -0.25) is 15.5 Å². The Kier molecular flexibility index (Phi) is 9.41. The molecule has 0 saturated heterocycles. The SMILES string of the molecule is CN[C@H](C(=O)N(c1[c-]cccc1)C(C)(C)CC(C)=O)[C-](C)C.[Y]. The van der Waals surface area contributed by atoms with E-state index in [9.17, 15) is 9.59 Å². The van der Waals surface area contributed by atoms with E-state index in [1.807, 2.05) is 45.9 Å². The van der Waals surface area contributed by atoms with Crippen LogP contribution in [0.15, 0.2) is 24.3 Å². The number of para-hydroxylation sites is 1. The van der Waals surface area contributed by atoms with Crippen LogP contribution in [0.3, 0.4) is 0 Å². The maximum Gasteiger partial charge on any atom is 0.212 e. The standard InChI is InChI=1S/C18H26N2O2.Y/c1-13(2)16(19-6)17(22)20(15-10-8-7-9-11-15)18(4,5)12-14(3)21;/h7-10,16,19H,12H2,1-6H3;/q-2;/t16-;/m0./s1. The predicted octanol–water partition coefficient (Wildman–Crippen LogP) is 2.78. The van der Waals surface area contributed by atoms with Gasteiger partial charge in [0.05, 0.1) is 0 Å². The van der Waals surface area contributed by atoms with Crippen LogP contribution in [0.25, 0.3) is 0 Å². The summed E-state index contributed by atoms with van der Waals surface area (Å²) in [7, 11) is 1.76. The Bertz CT molecular complexity index is 515. The Balaban J connectivity index is 0.00000484. The third-order valence-electron chi connectivity index (χ3n) is 3.55. The molecule has 5 heteroatoms. The average molecular weight is 391 g/mol. The number of likely N-dealkylation sites (N-methyl/N-ethyl adjacent to an activating group) is 1. The molecule has 1 rings (SSSR count). The number of rotatable bonds is 7. The smallest absolute Gasteiger partial charge is 0.212 e. The van der Waals surface area contributed by atoms with Gasteiger partial charge in [-0.05, 0) is 33.9 Å². The van der Waals surface area contributed by atoms with Crippen LogP contribution in [0.5, 0.6) is 0 Å². The maximum atomic E-state index is 13.1. The molecule has 1 atom stereocenters. The summed E-state index contributed by atoms with van der Waals surface area (Å²) in [6, 6.07) is 10.1. The molecule has 0 aliphatic rings. The normalized spacial score (nSPS) is 12.5. The van der Waals surface area contributed by atoms with Crippen molar-refractivity contribution in [3.8, 4) is 0 Å². The van der Waals surface area contributed by atoms with Gasteiger partial charge in [0.1, 0.15) is 5.78 Å². The fourth-order valence-corrected chi connectivity index (χ4v) is 2.74. The molecule has 1 aromatic carbocycles. The van der Waals surface area contributed by atoms with Crippen molar-refractivity contribution in [1.29, 1.82) is 0 Å². The minimum Gasteiger partial charge on any atom is -0.337 e. The van der Waals surface area contributed by atoms with Crippen molar-refractivity contribution in [3.05, 3.63) is 36.2 Å². The predicted molar refractivity (Wildman–Crippen MR) is 89.6 cm³/mol. The van der Waals surface area contributed by atoms with Gasteiger partial charge < -0.3 is 10.2 Å². The summed E-state index contributed by atoms with van der Waals surface area (Å²) >= 11 is 0. The number of ketones is 1. The number of amides is 1. The van der Waals surface area contributed by atoms with Gasteiger partial charge in [0.15, 0.2) is 0 Å². The summed E-state index contributed by atoms with van der Waals surface area (Å²) in [4.78, 5) is 26.4. The second kappa shape index (κ2) is 9.65. The van der Waals surface area contributed by atoms with Crippen LogP contribution in [0.2, 0.25) is 0 Å². The minimum atomic E-state index is -0.620. The van der Waals surface area contributed by atoms with Crippen molar-refractivity contribution in [2.24, 2.45) is 0 Å². The zero-order valence-electron chi connectivity index (χ0n) is 14.9. The third kappa shape index (κ3) is 6.09. The quantitative estimate of drug-likeness (QED) is 0.728. The van der Waals surface area contributed by atoms with E-state index in [2.05, 4.69) is 11.4 Å². The van der Waals surface area contributed by atoms with Gasteiger partial charge in [0.2, 0.25) is 5.91 Å². The molecule has 0 unspecified atom stereocenters. The molecule has 1 aromatic rings. The summed E-state index contributed by atoms with van der Waals surface area (Å²) in [6.07, 6.45) is 0.292. The number of carbonyl (C=O) groups is 2. The van der Waals surface area contributed by atoms with Crippen LogP contribution in [0.1, 0.15) is 41.0 Å². The van der Waals surface area contributed by atoms with E-state index in [1.165, 1.54) is 0 Å². The van der Waals surface area contributed by atoms with Crippen molar-refractivity contribution in [2.45, 2.75) is 52.6 Å². The van der Waals surface area contributed by atoms with E-state index >= 15 is 0 Å². The van der Waals surface area contributed by atoms with Crippen molar-refractivity contribution in [1.82, 2.24) is 5.32 Å². The van der Waals surface area contributed by atoms with E-state index in [1.54, 1.807) is 24.9 Å². The van der Waals surface area contributed by atoms with Gasteiger partial charge in [-0.2, -0.15) is 38.1 Å². The molecule has 0 aliphatic carbocycles. The zero-order valence-corrected chi connectivity index (χ0v) is 17.8. The number of nitrogens with one attached hydrogen (secondary N) is 1. The summed E-state index contributed by atoms with van der Waals surface area (Å²) in [6.45, 7) is 9.20. The maximum absolute atomic E-state index is 13.1. The summed E-state index contributed by atoms with van der Waals surface area (Å²) in [5.74, 6) is 0.959. The Morgan fingerprint density at radius 3 is 2.35 bits per heavy atom. The Morgan fingerprint density at radius 1 is 1.35 bits per heavy atom. The molecule has 125 valence electrons. The van der Waals surface area contributed by atoms with Gasteiger partial charge in [0.25, 0.3) is 0 Å². The van der Waals surface area contributed by atoms with Crippen LogP contribution in [-0.2, 0) is 42.3 Å². The molecule has 0 saturated carbocycles. The van der Waals surface area contributed by atoms with Crippen molar-refractivity contribution in [3.63, 3.8) is 0 Å². The van der Waals surface area contributed by atoms with Gasteiger partial charge in [-0.1, -0.05) is 5.69 Å². The molecule has 1 amide bonds. The average Bonchev–Trinajstić information content (AvgIpc) is 2.38. The molecule has 23 heavy (non-hydrogen) atoms. The Labute approximate surface area is 165 Å². The molecule has 0 bridgehead atoms. The minimum absolute atomic E-state index is 0. The molecular formula is C18H26N2O2Y-2. The van der Waals surface area contributed by atoms with E-state index in [-0.39, 0.29) is 50.4 Å². The van der Waals surface area contributed by atoms with E-state index in [4.69, 9.17) is 0 Å². The van der Waals surface area contributed by atoms with Gasteiger partial charge in [-0.15, -0.1) is 6.07 Å². The first-order chi connectivity index (χ1) is 10.2. The monoisotopic (exact) mass is 391 g/mol. The van der Waals surface area contributed by atoms with Crippen molar-refractivity contribution < 1.29 is 42.3 Å². The number of carbonyl (C=O) groups excluding carboxylic acids is 2. The number of anilines is 1. The largest absolute Gasteiger partial charge is 0.337 e. The van der Waals surface area contributed by atoms with Crippen LogP contribution < -0.4 is 10.2 Å². The molecule has 0 fully saturated rings. The molecule has 0 heterocycles. The zero-order chi connectivity index (χ0) is 16.9. The fourth-order valence-electron chi connectivity index (χ4n) is 2.74. The Morgan fingerprint density at radius 2 is 1.96 bits per heavy atom. The van der Waals surface area contributed by atoms with E-state index in [0.717, 1.165) is 5.92 Å². The van der Waals surface area contributed by atoms with Crippen molar-refractivity contribution >= 4 is 17.4 Å². The number of hydrogen-bond donors (Lipinski definition) is 1. The summed E-state index contributed by atoms with van der Waals surface area (Å²) in [5.41, 5.74) is 0.0611. The molecule has 0 aromatic heterocycles. The molecule has 1 N–H and O–H groups in total. The fraction of sp³-hybridized carbons (Fsp3) is 0.500. The topological polar surface area (TPSA) is 49.4 Å². The number of Topliss-reactive ketones (excluding diaryl/α,β-unsaturated/α-hetero) is 1.